The summed E-state index contributed by atoms with van der Waals surface area (Å²) in [6, 6.07) is 15.6. The summed E-state index contributed by atoms with van der Waals surface area (Å²) in [5, 5.41) is 13.0. The van der Waals surface area contributed by atoms with Gasteiger partial charge < -0.3 is 19.6 Å². The number of imidazole rings is 1. The number of aromatic nitrogens is 3. The Bertz CT molecular complexity index is 1170. The molecule has 0 unspecified atom stereocenters. The summed E-state index contributed by atoms with van der Waals surface area (Å²) in [5.74, 6) is 1.45. The lowest BCUT2D eigenvalue weighted by Gasteiger charge is -2.18. The van der Waals surface area contributed by atoms with Crippen LogP contribution in [0.3, 0.4) is 0 Å². The maximum absolute atomic E-state index is 9.54. The van der Waals surface area contributed by atoms with Crippen LogP contribution in [-0.4, -0.2) is 32.4 Å². The van der Waals surface area contributed by atoms with Gasteiger partial charge in [-0.15, -0.1) is 0 Å². The molecule has 0 radical (unpaired) electrons. The van der Waals surface area contributed by atoms with Gasteiger partial charge in [-0.2, -0.15) is 0 Å². The van der Waals surface area contributed by atoms with E-state index in [2.05, 4.69) is 16.9 Å². The summed E-state index contributed by atoms with van der Waals surface area (Å²) in [6.07, 6.45) is 3.50. The van der Waals surface area contributed by atoms with E-state index in [4.69, 9.17) is 14.1 Å². The van der Waals surface area contributed by atoms with E-state index in [1.54, 1.807) is 6.26 Å². The zero-order valence-corrected chi connectivity index (χ0v) is 16.4. The number of anilines is 1. The third-order valence-corrected chi connectivity index (χ3v) is 5.31. The highest BCUT2D eigenvalue weighted by molar-refractivity contribution is 5.78. The average Bonchev–Trinajstić information content (AvgIpc) is 3.50. The van der Waals surface area contributed by atoms with Crippen molar-refractivity contribution in [2.24, 2.45) is 0 Å². The van der Waals surface area contributed by atoms with Gasteiger partial charge in [0.15, 0.2) is 5.76 Å². The standard InChI is InChI=1S/C23H22N4O3/c1-15-11-22(30-21(15)14-28)27-19-6-3-2-5-17(19)26-23(27)25-13-16-8-9-18(24-12-16)20-7-4-10-29-20/h2-10,12,21-22,28H,1,11,13-14H2,(H,25,26)/t21-,22-/m1/s1. The van der Waals surface area contributed by atoms with Crippen molar-refractivity contribution >= 4 is 17.0 Å². The van der Waals surface area contributed by atoms with E-state index < -0.39 is 0 Å². The van der Waals surface area contributed by atoms with Gasteiger partial charge in [0.2, 0.25) is 5.95 Å². The molecular weight excluding hydrogens is 380 g/mol. The van der Waals surface area contributed by atoms with Crippen molar-refractivity contribution in [3.63, 3.8) is 0 Å². The van der Waals surface area contributed by atoms with Crippen molar-refractivity contribution in [3.8, 4) is 11.5 Å². The molecule has 0 aliphatic carbocycles. The van der Waals surface area contributed by atoms with Gasteiger partial charge >= 0.3 is 0 Å². The number of rotatable bonds is 6. The molecule has 5 rings (SSSR count). The van der Waals surface area contributed by atoms with Gasteiger partial charge in [0.1, 0.15) is 18.0 Å². The van der Waals surface area contributed by atoms with Crippen LogP contribution in [0.25, 0.3) is 22.5 Å². The lowest BCUT2D eigenvalue weighted by atomic mass is 10.1. The van der Waals surface area contributed by atoms with Crippen molar-refractivity contribution in [2.45, 2.75) is 25.3 Å². The van der Waals surface area contributed by atoms with Gasteiger partial charge in [0.05, 0.1) is 23.9 Å². The molecule has 2 N–H and O–H groups in total. The predicted octanol–water partition coefficient (Wildman–Crippen LogP) is 4.14. The zero-order valence-electron chi connectivity index (χ0n) is 16.4. The molecule has 0 saturated carbocycles. The SMILES string of the molecule is C=C1C[C@H](n2c(NCc3ccc(-c4ccco4)nc3)nc3ccccc32)O[C@@H]1CO. The van der Waals surface area contributed by atoms with Gasteiger partial charge in [-0.25, -0.2) is 4.98 Å². The van der Waals surface area contributed by atoms with E-state index in [1.165, 1.54) is 0 Å². The minimum absolute atomic E-state index is 0.0710. The van der Waals surface area contributed by atoms with Crippen molar-refractivity contribution in [3.05, 3.63) is 78.7 Å². The van der Waals surface area contributed by atoms with Crippen molar-refractivity contribution in [1.82, 2.24) is 14.5 Å². The molecule has 1 aliphatic heterocycles. The number of hydrogen-bond acceptors (Lipinski definition) is 6. The fourth-order valence-corrected chi connectivity index (χ4v) is 3.75. The molecule has 4 heterocycles. The van der Waals surface area contributed by atoms with Gasteiger partial charge in [0, 0.05) is 19.2 Å². The summed E-state index contributed by atoms with van der Waals surface area (Å²) in [4.78, 5) is 9.23. The van der Waals surface area contributed by atoms with Crippen LogP contribution in [0.5, 0.6) is 0 Å². The number of pyridine rings is 1. The fraction of sp³-hybridized carbons (Fsp3) is 0.217. The lowest BCUT2D eigenvalue weighted by molar-refractivity contribution is -0.0133. The number of benzene rings is 1. The third-order valence-electron chi connectivity index (χ3n) is 5.31. The molecule has 7 nitrogen and oxygen atoms in total. The summed E-state index contributed by atoms with van der Waals surface area (Å²) >= 11 is 0. The number of nitrogens with zero attached hydrogens (tertiary/aromatic N) is 3. The Morgan fingerprint density at radius 2 is 2.07 bits per heavy atom. The van der Waals surface area contributed by atoms with Crippen LogP contribution in [0.4, 0.5) is 5.95 Å². The first-order valence-corrected chi connectivity index (χ1v) is 9.86. The molecule has 7 heteroatoms. The van der Waals surface area contributed by atoms with Crippen LogP contribution in [0.15, 0.2) is 77.6 Å². The fourth-order valence-electron chi connectivity index (χ4n) is 3.75. The number of nitrogens with one attached hydrogen (secondary N) is 1. The average molecular weight is 402 g/mol. The number of para-hydroxylation sites is 2. The molecule has 1 saturated heterocycles. The van der Waals surface area contributed by atoms with Crippen molar-refractivity contribution < 1.29 is 14.3 Å². The van der Waals surface area contributed by atoms with Gasteiger partial charge in [-0.3, -0.25) is 9.55 Å². The quantitative estimate of drug-likeness (QED) is 0.472. The zero-order chi connectivity index (χ0) is 20.5. The van der Waals surface area contributed by atoms with Crippen LogP contribution < -0.4 is 5.32 Å². The van der Waals surface area contributed by atoms with E-state index in [-0.39, 0.29) is 18.9 Å². The largest absolute Gasteiger partial charge is 0.463 e. The second kappa shape index (κ2) is 7.78. The number of fused-ring (bicyclic) bond motifs is 1. The molecule has 1 aliphatic rings. The molecule has 4 aromatic rings. The maximum Gasteiger partial charge on any atom is 0.206 e. The Morgan fingerprint density at radius 3 is 2.80 bits per heavy atom. The first-order chi connectivity index (χ1) is 14.7. The molecule has 1 aromatic carbocycles. The summed E-state index contributed by atoms with van der Waals surface area (Å²) in [5.41, 5.74) is 4.57. The molecule has 152 valence electrons. The van der Waals surface area contributed by atoms with Crippen LogP contribution in [0.2, 0.25) is 0 Å². The van der Waals surface area contributed by atoms with E-state index in [1.807, 2.05) is 59.3 Å². The molecule has 1 fully saturated rings. The Labute approximate surface area is 173 Å². The normalized spacial score (nSPS) is 18.9. The number of ether oxygens (including phenoxy) is 1. The minimum atomic E-state index is -0.345. The lowest BCUT2D eigenvalue weighted by Crippen LogP contribution is -2.17. The smallest absolute Gasteiger partial charge is 0.206 e. The highest BCUT2D eigenvalue weighted by Gasteiger charge is 2.31. The van der Waals surface area contributed by atoms with E-state index in [0.717, 1.165) is 33.6 Å². The summed E-state index contributed by atoms with van der Waals surface area (Å²) in [6.45, 7) is 4.53. The van der Waals surface area contributed by atoms with Gasteiger partial charge in [-0.1, -0.05) is 24.8 Å². The molecular formula is C23H22N4O3. The van der Waals surface area contributed by atoms with E-state index >= 15 is 0 Å². The Kier molecular flexibility index (Phi) is 4.82. The van der Waals surface area contributed by atoms with Crippen LogP contribution in [-0.2, 0) is 11.3 Å². The van der Waals surface area contributed by atoms with Crippen molar-refractivity contribution in [1.29, 1.82) is 0 Å². The molecule has 2 atom stereocenters. The Morgan fingerprint density at radius 1 is 1.17 bits per heavy atom. The monoisotopic (exact) mass is 402 g/mol. The third kappa shape index (κ3) is 3.38. The first kappa shape index (κ1) is 18.6. The van der Waals surface area contributed by atoms with Crippen molar-refractivity contribution in [2.75, 3.05) is 11.9 Å². The number of aliphatic hydroxyl groups is 1. The molecule has 0 bridgehead atoms. The molecule has 0 amide bonds. The highest BCUT2D eigenvalue weighted by atomic mass is 16.5. The Balaban J connectivity index is 1.40. The predicted molar refractivity (Wildman–Crippen MR) is 114 cm³/mol. The number of hydrogen-bond donors (Lipinski definition) is 2. The molecule has 30 heavy (non-hydrogen) atoms. The minimum Gasteiger partial charge on any atom is -0.463 e. The summed E-state index contributed by atoms with van der Waals surface area (Å²) < 4.78 is 13.5. The van der Waals surface area contributed by atoms with E-state index in [9.17, 15) is 5.11 Å². The second-order valence-electron chi connectivity index (χ2n) is 7.30. The van der Waals surface area contributed by atoms with Gasteiger partial charge in [0.25, 0.3) is 0 Å². The topological polar surface area (TPSA) is 85.3 Å². The first-order valence-electron chi connectivity index (χ1n) is 9.86. The highest BCUT2D eigenvalue weighted by Crippen LogP contribution is 2.36. The van der Waals surface area contributed by atoms with E-state index in [0.29, 0.717) is 18.9 Å². The number of aliphatic hydroxyl groups excluding tert-OH is 1. The summed E-state index contributed by atoms with van der Waals surface area (Å²) in [7, 11) is 0. The van der Waals surface area contributed by atoms with Crippen LogP contribution >= 0.6 is 0 Å². The molecule has 3 aromatic heterocycles. The van der Waals surface area contributed by atoms with Crippen LogP contribution in [0.1, 0.15) is 18.2 Å². The number of furan rings is 1. The second-order valence-corrected chi connectivity index (χ2v) is 7.30. The van der Waals surface area contributed by atoms with Crippen LogP contribution in [0, 0.1) is 0 Å². The Hall–Kier alpha value is -3.42. The van der Waals surface area contributed by atoms with Gasteiger partial charge in [-0.05, 0) is 41.5 Å². The maximum atomic E-state index is 9.54. The molecule has 0 spiro atoms.